The van der Waals surface area contributed by atoms with Gasteiger partial charge in [-0.05, 0) is 13.3 Å². The van der Waals surface area contributed by atoms with Crippen molar-refractivity contribution >= 4 is 11.6 Å². The molecule has 0 aliphatic heterocycles. The van der Waals surface area contributed by atoms with E-state index >= 15 is 0 Å². The number of nitrogens with zero attached hydrogens (tertiary/aromatic N) is 3. The summed E-state index contributed by atoms with van der Waals surface area (Å²) in [5.41, 5.74) is -0.130. The molecule has 1 N–H and O–H groups in total. The molecule has 0 aliphatic carbocycles. The minimum absolute atomic E-state index is 0.103. The lowest BCUT2D eigenvalue weighted by Gasteiger charge is -2.05. The largest absolute Gasteiger partial charge is 0.334 e. The van der Waals surface area contributed by atoms with Gasteiger partial charge in [0.25, 0.3) is 5.56 Å². The molecule has 0 bridgehead atoms. The molecule has 0 amide bonds. The molecule has 0 saturated heterocycles. The molecule has 18 heavy (non-hydrogen) atoms. The van der Waals surface area contributed by atoms with Gasteiger partial charge in [-0.25, -0.2) is 9.36 Å². The fraction of sp³-hybridized carbons (Fsp3) is 0.364. The topological polar surface area (TPSA) is 72.7 Å². The van der Waals surface area contributed by atoms with Gasteiger partial charge in [-0.15, -0.1) is 0 Å². The fourth-order valence-corrected chi connectivity index (χ4v) is 2.02. The van der Waals surface area contributed by atoms with Crippen molar-refractivity contribution in [3.8, 4) is 5.69 Å². The van der Waals surface area contributed by atoms with Crippen molar-refractivity contribution in [3.63, 3.8) is 0 Å². The number of aryl methyl sites for hydroxylation is 1. The van der Waals surface area contributed by atoms with E-state index in [1.807, 2.05) is 6.92 Å². The summed E-state index contributed by atoms with van der Waals surface area (Å²) in [4.78, 5) is 26.4. The van der Waals surface area contributed by atoms with Gasteiger partial charge in [-0.3, -0.25) is 14.5 Å². The predicted octanol–water partition coefficient (Wildman–Crippen LogP) is 0.958. The van der Waals surface area contributed by atoms with E-state index in [1.165, 1.54) is 6.20 Å². The zero-order valence-corrected chi connectivity index (χ0v) is 10.9. The van der Waals surface area contributed by atoms with E-state index < -0.39 is 11.2 Å². The average Bonchev–Trinajstić information content (AvgIpc) is 2.77. The second kappa shape index (κ2) is 4.81. The standard InChI is InChI=1S/C11H13ClN4O2/c1-3-8-9(12)14-11(18)16(10(8)17)7-5-13-15(4-2)6-7/h5-6H,3-4H2,1-2H3,(H,14,18). The zero-order chi connectivity index (χ0) is 13.3. The van der Waals surface area contributed by atoms with Crippen molar-refractivity contribution in [3.05, 3.63) is 43.9 Å². The number of aromatic nitrogens is 4. The van der Waals surface area contributed by atoms with Gasteiger partial charge in [0, 0.05) is 12.7 Å². The number of rotatable bonds is 3. The molecule has 0 aromatic carbocycles. The number of halogens is 1. The molecule has 6 nitrogen and oxygen atoms in total. The first-order valence-electron chi connectivity index (χ1n) is 5.65. The highest BCUT2D eigenvalue weighted by Gasteiger charge is 2.13. The monoisotopic (exact) mass is 268 g/mol. The summed E-state index contributed by atoms with van der Waals surface area (Å²) >= 11 is 5.84. The molecule has 0 aliphatic rings. The molecule has 2 heterocycles. The van der Waals surface area contributed by atoms with E-state index in [1.54, 1.807) is 17.8 Å². The van der Waals surface area contributed by atoms with Gasteiger partial charge in [-0.2, -0.15) is 5.10 Å². The molecule has 7 heteroatoms. The molecule has 0 radical (unpaired) electrons. The Morgan fingerprint density at radius 1 is 1.39 bits per heavy atom. The Morgan fingerprint density at radius 2 is 2.11 bits per heavy atom. The number of H-pyrrole nitrogens is 1. The summed E-state index contributed by atoms with van der Waals surface area (Å²) in [6.45, 7) is 4.39. The molecule has 0 spiro atoms. The Morgan fingerprint density at radius 3 is 2.67 bits per heavy atom. The lowest BCUT2D eigenvalue weighted by molar-refractivity contribution is 0.659. The Bertz CT molecular complexity index is 683. The zero-order valence-electron chi connectivity index (χ0n) is 10.1. The van der Waals surface area contributed by atoms with Gasteiger partial charge in [0.1, 0.15) is 5.15 Å². The van der Waals surface area contributed by atoms with Crippen molar-refractivity contribution in [2.75, 3.05) is 0 Å². The Hall–Kier alpha value is -1.82. The fourth-order valence-electron chi connectivity index (χ4n) is 1.73. The lowest BCUT2D eigenvalue weighted by atomic mass is 10.2. The second-order valence-corrected chi connectivity index (χ2v) is 4.15. The summed E-state index contributed by atoms with van der Waals surface area (Å²) in [7, 11) is 0. The van der Waals surface area contributed by atoms with Gasteiger partial charge >= 0.3 is 5.69 Å². The molecular weight excluding hydrogens is 256 g/mol. The highest BCUT2D eigenvalue weighted by molar-refractivity contribution is 6.30. The van der Waals surface area contributed by atoms with Crippen LogP contribution in [0.3, 0.4) is 0 Å². The van der Waals surface area contributed by atoms with Crippen LogP contribution < -0.4 is 11.2 Å². The van der Waals surface area contributed by atoms with Crippen LogP contribution in [-0.4, -0.2) is 19.3 Å². The van der Waals surface area contributed by atoms with Crippen LogP contribution in [0.15, 0.2) is 22.0 Å². The van der Waals surface area contributed by atoms with Gasteiger partial charge < -0.3 is 0 Å². The summed E-state index contributed by atoms with van der Waals surface area (Å²) in [6.07, 6.45) is 3.58. The average molecular weight is 269 g/mol. The van der Waals surface area contributed by atoms with Crippen LogP contribution >= 0.6 is 11.6 Å². The van der Waals surface area contributed by atoms with E-state index in [0.717, 1.165) is 4.57 Å². The third-order valence-corrected chi connectivity index (χ3v) is 3.02. The van der Waals surface area contributed by atoms with E-state index in [9.17, 15) is 9.59 Å². The predicted molar refractivity (Wildman–Crippen MR) is 68.5 cm³/mol. The number of aromatic amines is 1. The highest BCUT2D eigenvalue weighted by Crippen LogP contribution is 2.08. The van der Waals surface area contributed by atoms with Gasteiger partial charge in [0.05, 0.1) is 17.4 Å². The molecule has 2 aromatic heterocycles. The molecule has 2 rings (SSSR count). The van der Waals surface area contributed by atoms with Crippen molar-refractivity contribution in [2.45, 2.75) is 26.8 Å². The maximum absolute atomic E-state index is 12.2. The van der Waals surface area contributed by atoms with E-state index in [0.29, 0.717) is 24.2 Å². The van der Waals surface area contributed by atoms with Gasteiger partial charge in [0.2, 0.25) is 0 Å². The van der Waals surface area contributed by atoms with Crippen molar-refractivity contribution in [1.29, 1.82) is 0 Å². The van der Waals surface area contributed by atoms with Crippen LogP contribution in [0.1, 0.15) is 19.4 Å². The van der Waals surface area contributed by atoms with E-state index in [4.69, 9.17) is 11.6 Å². The Balaban J connectivity index is 2.71. The summed E-state index contributed by atoms with van der Waals surface area (Å²) in [5.74, 6) is 0. The molecule has 0 atom stereocenters. The number of hydrogen-bond acceptors (Lipinski definition) is 3. The van der Waals surface area contributed by atoms with Gasteiger partial charge in [0.15, 0.2) is 0 Å². The minimum atomic E-state index is -0.558. The van der Waals surface area contributed by atoms with Crippen molar-refractivity contribution in [1.82, 2.24) is 19.3 Å². The molecular formula is C11H13ClN4O2. The highest BCUT2D eigenvalue weighted by atomic mass is 35.5. The van der Waals surface area contributed by atoms with Crippen LogP contribution in [0.5, 0.6) is 0 Å². The summed E-state index contributed by atoms with van der Waals surface area (Å²) < 4.78 is 2.69. The third kappa shape index (κ3) is 1.99. The SMILES string of the molecule is CCc1c(Cl)[nH]c(=O)n(-c2cnn(CC)c2)c1=O. The van der Waals surface area contributed by atoms with Gasteiger partial charge in [-0.1, -0.05) is 18.5 Å². The Labute approximate surface area is 108 Å². The van der Waals surface area contributed by atoms with Crippen molar-refractivity contribution in [2.24, 2.45) is 0 Å². The smallest absolute Gasteiger partial charge is 0.297 e. The lowest BCUT2D eigenvalue weighted by Crippen LogP contribution is -2.35. The quantitative estimate of drug-likeness (QED) is 0.843. The first kappa shape index (κ1) is 12.6. The van der Waals surface area contributed by atoms with Crippen LogP contribution in [0, 0.1) is 0 Å². The maximum atomic E-state index is 12.2. The maximum Gasteiger partial charge on any atom is 0.334 e. The third-order valence-electron chi connectivity index (χ3n) is 2.70. The summed E-state index contributed by atoms with van der Waals surface area (Å²) in [5, 5.41) is 4.15. The molecule has 0 fully saturated rings. The van der Waals surface area contributed by atoms with E-state index in [2.05, 4.69) is 10.1 Å². The Kier molecular flexibility index (Phi) is 3.38. The first-order chi connectivity index (χ1) is 8.58. The number of nitrogens with one attached hydrogen (secondary N) is 1. The summed E-state index contributed by atoms with van der Waals surface area (Å²) in [6, 6.07) is 0. The molecule has 2 aromatic rings. The number of hydrogen-bond donors (Lipinski definition) is 1. The first-order valence-corrected chi connectivity index (χ1v) is 6.02. The van der Waals surface area contributed by atoms with Crippen molar-refractivity contribution < 1.29 is 0 Å². The van der Waals surface area contributed by atoms with E-state index in [-0.39, 0.29) is 5.15 Å². The molecule has 0 saturated carbocycles. The normalized spacial score (nSPS) is 10.8. The molecule has 0 unspecified atom stereocenters. The van der Waals surface area contributed by atoms with Crippen LogP contribution in [0.4, 0.5) is 0 Å². The van der Waals surface area contributed by atoms with Crippen LogP contribution in [0.2, 0.25) is 5.15 Å². The molecule has 96 valence electrons. The second-order valence-electron chi connectivity index (χ2n) is 3.77. The van der Waals surface area contributed by atoms with Crippen LogP contribution in [0.25, 0.3) is 5.69 Å². The minimum Gasteiger partial charge on any atom is -0.297 e. The van der Waals surface area contributed by atoms with Crippen LogP contribution in [-0.2, 0) is 13.0 Å².